The Kier molecular flexibility index (Phi) is 2.55. The molecule has 1 aliphatic heterocycles. The third-order valence-corrected chi connectivity index (χ3v) is 4.80. The average molecular weight is 231 g/mol. The van der Waals surface area contributed by atoms with Crippen molar-refractivity contribution in [2.45, 2.75) is 31.6 Å². The van der Waals surface area contributed by atoms with Crippen LogP contribution >= 0.6 is 11.8 Å². The highest BCUT2D eigenvalue weighted by Gasteiger charge is 2.35. The van der Waals surface area contributed by atoms with Gasteiger partial charge in [-0.3, -0.25) is 4.99 Å². The Labute approximate surface area is 101 Å². The first kappa shape index (κ1) is 10.4. The van der Waals surface area contributed by atoms with Crippen molar-refractivity contribution in [3.63, 3.8) is 0 Å². The maximum atomic E-state index is 4.60. The summed E-state index contributed by atoms with van der Waals surface area (Å²) in [6, 6.07) is 8.92. The summed E-state index contributed by atoms with van der Waals surface area (Å²) < 4.78 is 0. The van der Waals surface area contributed by atoms with E-state index >= 15 is 0 Å². The number of rotatable bonds is 2. The molecular weight excluding hydrogens is 214 g/mol. The van der Waals surface area contributed by atoms with Crippen LogP contribution in [0.5, 0.6) is 0 Å². The summed E-state index contributed by atoms with van der Waals surface area (Å²) in [6.45, 7) is 3.43. The second-order valence-electron chi connectivity index (χ2n) is 5.02. The van der Waals surface area contributed by atoms with Crippen molar-refractivity contribution in [1.29, 1.82) is 0 Å². The van der Waals surface area contributed by atoms with Crippen LogP contribution in [0.15, 0.2) is 29.3 Å². The van der Waals surface area contributed by atoms with Crippen molar-refractivity contribution in [2.75, 3.05) is 12.3 Å². The number of fused-ring (bicyclic) bond motifs is 1. The molecule has 0 spiro atoms. The predicted octanol–water partition coefficient (Wildman–Crippen LogP) is 3.43. The van der Waals surface area contributed by atoms with E-state index in [4.69, 9.17) is 0 Å². The van der Waals surface area contributed by atoms with E-state index in [1.165, 1.54) is 23.6 Å². The third kappa shape index (κ3) is 1.69. The van der Waals surface area contributed by atoms with Gasteiger partial charge < -0.3 is 0 Å². The fourth-order valence-corrected chi connectivity index (χ4v) is 3.90. The highest BCUT2D eigenvalue weighted by molar-refractivity contribution is 8.14. The zero-order chi connectivity index (χ0) is 11.0. The van der Waals surface area contributed by atoms with Crippen molar-refractivity contribution in [2.24, 2.45) is 4.99 Å². The lowest BCUT2D eigenvalue weighted by atomic mass is 9.81. The molecule has 1 aliphatic carbocycles. The number of hydrogen-bond donors (Lipinski definition) is 0. The van der Waals surface area contributed by atoms with E-state index in [1.54, 1.807) is 11.1 Å². The summed E-state index contributed by atoms with van der Waals surface area (Å²) in [6.07, 6.45) is 3.67. The average Bonchev–Trinajstić information content (AvgIpc) is 2.89. The van der Waals surface area contributed by atoms with Gasteiger partial charge in [0.2, 0.25) is 0 Å². The molecule has 1 atom stereocenters. The summed E-state index contributed by atoms with van der Waals surface area (Å²) in [4.78, 5) is 4.60. The van der Waals surface area contributed by atoms with Gasteiger partial charge in [-0.2, -0.15) is 0 Å². The van der Waals surface area contributed by atoms with Crippen LogP contribution in [-0.4, -0.2) is 17.3 Å². The Morgan fingerprint density at radius 2 is 2.25 bits per heavy atom. The van der Waals surface area contributed by atoms with Gasteiger partial charge in [0, 0.05) is 18.7 Å². The molecule has 1 unspecified atom stereocenters. The number of aliphatic imine (C=N–C) groups is 1. The highest BCUT2D eigenvalue weighted by Crippen LogP contribution is 2.42. The van der Waals surface area contributed by atoms with Gasteiger partial charge in [-0.05, 0) is 29.4 Å². The van der Waals surface area contributed by atoms with E-state index in [0.717, 1.165) is 13.0 Å². The van der Waals surface area contributed by atoms with Gasteiger partial charge in [-0.15, -0.1) is 11.8 Å². The summed E-state index contributed by atoms with van der Waals surface area (Å²) in [5.74, 6) is 1.19. The first-order valence-corrected chi connectivity index (χ1v) is 7.01. The molecule has 0 fully saturated rings. The molecule has 2 heteroatoms. The molecule has 0 bridgehead atoms. The second-order valence-corrected chi connectivity index (χ2v) is 6.19. The SMILES string of the molecule is CC1(CC2=NCCS2)CCc2ccccc21. The standard InChI is InChI=1S/C14H17NS/c1-14(10-13-15-8-9-16-13)7-6-11-4-2-3-5-12(11)14/h2-5H,6-10H2,1H3. The fraction of sp³-hybridized carbons (Fsp3) is 0.500. The molecule has 16 heavy (non-hydrogen) atoms. The minimum atomic E-state index is 0.340. The van der Waals surface area contributed by atoms with E-state index in [9.17, 15) is 0 Å². The minimum absolute atomic E-state index is 0.340. The highest BCUT2D eigenvalue weighted by atomic mass is 32.2. The molecule has 1 heterocycles. The molecular formula is C14H17NS. The number of benzene rings is 1. The van der Waals surface area contributed by atoms with E-state index in [-0.39, 0.29) is 0 Å². The van der Waals surface area contributed by atoms with Crippen molar-refractivity contribution >= 4 is 16.8 Å². The van der Waals surface area contributed by atoms with E-state index in [1.807, 2.05) is 11.8 Å². The maximum absolute atomic E-state index is 4.60. The molecule has 0 N–H and O–H groups in total. The summed E-state index contributed by atoms with van der Waals surface area (Å²) >= 11 is 1.95. The topological polar surface area (TPSA) is 12.4 Å². The first-order valence-electron chi connectivity index (χ1n) is 6.02. The van der Waals surface area contributed by atoms with Crippen LogP contribution < -0.4 is 0 Å². The first-order chi connectivity index (χ1) is 7.78. The smallest absolute Gasteiger partial charge is 0.0685 e. The Balaban J connectivity index is 1.89. The molecule has 0 aromatic heterocycles. The van der Waals surface area contributed by atoms with Gasteiger partial charge in [0.15, 0.2) is 0 Å². The molecule has 0 amide bonds. The van der Waals surface area contributed by atoms with Crippen LogP contribution in [0.1, 0.15) is 30.9 Å². The zero-order valence-electron chi connectivity index (χ0n) is 9.70. The molecule has 2 aliphatic rings. The van der Waals surface area contributed by atoms with Crippen LogP contribution in [0.25, 0.3) is 0 Å². The summed E-state index contributed by atoms with van der Waals surface area (Å²) in [7, 11) is 0. The monoisotopic (exact) mass is 231 g/mol. The Morgan fingerprint density at radius 3 is 3.06 bits per heavy atom. The van der Waals surface area contributed by atoms with Gasteiger partial charge in [0.05, 0.1) is 5.04 Å². The number of hydrogen-bond acceptors (Lipinski definition) is 2. The molecule has 1 nitrogen and oxygen atoms in total. The number of aryl methyl sites for hydroxylation is 1. The predicted molar refractivity (Wildman–Crippen MR) is 71.5 cm³/mol. The van der Waals surface area contributed by atoms with Crippen molar-refractivity contribution in [3.05, 3.63) is 35.4 Å². The second kappa shape index (κ2) is 3.92. The molecule has 1 aromatic rings. The van der Waals surface area contributed by atoms with Gasteiger partial charge in [0.1, 0.15) is 0 Å². The van der Waals surface area contributed by atoms with Crippen LogP contribution in [0.3, 0.4) is 0 Å². The fourth-order valence-electron chi connectivity index (χ4n) is 2.88. The minimum Gasteiger partial charge on any atom is -0.282 e. The molecule has 84 valence electrons. The number of thioether (sulfide) groups is 1. The molecule has 3 rings (SSSR count). The quantitative estimate of drug-likeness (QED) is 0.759. The molecule has 0 radical (unpaired) electrons. The van der Waals surface area contributed by atoms with E-state index in [2.05, 4.69) is 36.2 Å². The van der Waals surface area contributed by atoms with Crippen LogP contribution in [0.2, 0.25) is 0 Å². The molecule has 0 saturated heterocycles. The van der Waals surface area contributed by atoms with Gasteiger partial charge in [-0.1, -0.05) is 31.2 Å². The van der Waals surface area contributed by atoms with Crippen LogP contribution in [0.4, 0.5) is 0 Å². The lowest BCUT2D eigenvalue weighted by molar-refractivity contribution is 0.491. The lowest BCUT2D eigenvalue weighted by Gasteiger charge is -2.25. The lowest BCUT2D eigenvalue weighted by Crippen LogP contribution is -2.21. The van der Waals surface area contributed by atoms with Crippen molar-refractivity contribution in [3.8, 4) is 0 Å². The van der Waals surface area contributed by atoms with E-state index in [0.29, 0.717) is 5.41 Å². The van der Waals surface area contributed by atoms with Crippen molar-refractivity contribution in [1.82, 2.24) is 0 Å². The van der Waals surface area contributed by atoms with Gasteiger partial charge in [0.25, 0.3) is 0 Å². The molecule has 0 saturated carbocycles. The van der Waals surface area contributed by atoms with E-state index < -0.39 is 0 Å². The Morgan fingerprint density at radius 1 is 1.38 bits per heavy atom. The Bertz CT molecular complexity index is 438. The van der Waals surface area contributed by atoms with Crippen LogP contribution in [-0.2, 0) is 11.8 Å². The Hall–Kier alpha value is -0.760. The summed E-state index contributed by atoms with van der Waals surface area (Å²) in [5, 5.41) is 1.37. The number of nitrogens with zero attached hydrogens (tertiary/aromatic N) is 1. The largest absolute Gasteiger partial charge is 0.282 e. The van der Waals surface area contributed by atoms with Crippen molar-refractivity contribution < 1.29 is 0 Å². The molecule has 1 aromatic carbocycles. The zero-order valence-corrected chi connectivity index (χ0v) is 10.5. The maximum Gasteiger partial charge on any atom is 0.0685 e. The van der Waals surface area contributed by atoms with Crippen LogP contribution in [0, 0.1) is 0 Å². The third-order valence-electron chi connectivity index (χ3n) is 3.80. The van der Waals surface area contributed by atoms with Gasteiger partial charge in [-0.25, -0.2) is 0 Å². The summed E-state index contributed by atoms with van der Waals surface area (Å²) in [5.41, 5.74) is 3.45. The van der Waals surface area contributed by atoms with Gasteiger partial charge >= 0.3 is 0 Å². The normalized spacial score (nSPS) is 27.9.